The van der Waals surface area contributed by atoms with Crippen LogP contribution in [0.15, 0.2) is 10.7 Å². The maximum absolute atomic E-state index is 4.49. The number of anilines is 1. The highest BCUT2D eigenvalue weighted by Gasteiger charge is 2.30. The lowest BCUT2D eigenvalue weighted by atomic mass is 9.93. The van der Waals surface area contributed by atoms with E-state index in [0.717, 1.165) is 29.2 Å². The molecule has 0 aliphatic carbocycles. The number of rotatable bonds is 1. The van der Waals surface area contributed by atoms with Crippen LogP contribution in [0.3, 0.4) is 0 Å². The zero-order valence-electron chi connectivity index (χ0n) is 9.42. The Morgan fingerprint density at radius 3 is 2.80 bits per heavy atom. The van der Waals surface area contributed by atoms with Crippen LogP contribution in [0.25, 0.3) is 0 Å². The van der Waals surface area contributed by atoms with Gasteiger partial charge in [0.05, 0.1) is 4.47 Å². The molecule has 82 valence electrons. The monoisotopic (exact) mass is 269 g/mol. The first-order valence-electron chi connectivity index (χ1n) is 5.22. The van der Waals surface area contributed by atoms with Crippen LogP contribution in [0.4, 0.5) is 5.82 Å². The molecule has 0 N–H and O–H groups in total. The molecule has 1 aliphatic heterocycles. The van der Waals surface area contributed by atoms with E-state index in [0.29, 0.717) is 5.41 Å². The molecule has 0 bridgehead atoms. The fourth-order valence-corrected chi connectivity index (χ4v) is 2.40. The lowest BCUT2D eigenvalue weighted by Gasteiger charge is -2.21. The van der Waals surface area contributed by atoms with Crippen LogP contribution in [0.5, 0.6) is 0 Å². The first-order chi connectivity index (χ1) is 6.98. The molecule has 0 radical (unpaired) electrons. The summed E-state index contributed by atoms with van der Waals surface area (Å²) >= 11 is 3.51. The van der Waals surface area contributed by atoms with Crippen LogP contribution in [0.2, 0.25) is 0 Å². The Labute approximate surface area is 99.0 Å². The molecule has 2 heterocycles. The van der Waals surface area contributed by atoms with E-state index in [9.17, 15) is 0 Å². The van der Waals surface area contributed by atoms with Crippen LogP contribution >= 0.6 is 15.9 Å². The van der Waals surface area contributed by atoms with Gasteiger partial charge in [0.1, 0.15) is 11.6 Å². The fraction of sp³-hybridized carbons (Fsp3) is 0.636. The minimum atomic E-state index is 0.401. The van der Waals surface area contributed by atoms with Crippen molar-refractivity contribution in [2.45, 2.75) is 27.2 Å². The highest BCUT2D eigenvalue weighted by atomic mass is 79.9. The van der Waals surface area contributed by atoms with Crippen LogP contribution in [0.1, 0.15) is 26.1 Å². The third-order valence-corrected chi connectivity index (χ3v) is 3.38. The van der Waals surface area contributed by atoms with Crippen molar-refractivity contribution in [1.29, 1.82) is 0 Å². The minimum absolute atomic E-state index is 0.401. The summed E-state index contributed by atoms with van der Waals surface area (Å²) in [5.41, 5.74) is 0.401. The van der Waals surface area contributed by atoms with E-state index >= 15 is 0 Å². The van der Waals surface area contributed by atoms with E-state index in [1.165, 1.54) is 6.42 Å². The first kappa shape index (κ1) is 10.9. The zero-order valence-corrected chi connectivity index (χ0v) is 11.0. The van der Waals surface area contributed by atoms with E-state index in [2.05, 4.69) is 44.6 Å². The van der Waals surface area contributed by atoms with Gasteiger partial charge in [-0.15, -0.1) is 0 Å². The summed E-state index contributed by atoms with van der Waals surface area (Å²) in [6, 6.07) is 0. The highest BCUT2D eigenvalue weighted by molar-refractivity contribution is 9.10. The van der Waals surface area contributed by atoms with Gasteiger partial charge in [-0.1, -0.05) is 13.8 Å². The van der Waals surface area contributed by atoms with E-state index in [-0.39, 0.29) is 0 Å². The molecule has 0 amide bonds. The lowest BCUT2D eigenvalue weighted by Crippen LogP contribution is -2.24. The normalized spacial score (nSPS) is 19.6. The quantitative estimate of drug-likeness (QED) is 0.785. The first-order valence-corrected chi connectivity index (χ1v) is 6.01. The molecule has 0 unspecified atom stereocenters. The van der Waals surface area contributed by atoms with E-state index < -0.39 is 0 Å². The standard InChI is InChI=1S/C11H16BrN3/c1-8-13-6-9(12)10(14-8)15-5-4-11(2,3)7-15/h6H,4-5,7H2,1-3H3. The summed E-state index contributed by atoms with van der Waals surface area (Å²) in [7, 11) is 0. The zero-order chi connectivity index (χ0) is 11.1. The largest absolute Gasteiger partial charge is 0.355 e. The van der Waals surface area contributed by atoms with Crippen molar-refractivity contribution in [3.63, 3.8) is 0 Å². The number of aromatic nitrogens is 2. The van der Waals surface area contributed by atoms with Crippen molar-refractivity contribution in [3.8, 4) is 0 Å². The van der Waals surface area contributed by atoms with Gasteiger partial charge in [0.15, 0.2) is 0 Å². The summed E-state index contributed by atoms with van der Waals surface area (Å²) in [6.07, 6.45) is 3.06. The summed E-state index contributed by atoms with van der Waals surface area (Å²) in [5.74, 6) is 1.87. The fourth-order valence-electron chi connectivity index (χ4n) is 1.96. The van der Waals surface area contributed by atoms with Crippen molar-refractivity contribution in [2.24, 2.45) is 5.41 Å². The molecule has 0 atom stereocenters. The Balaban J connectivity index is 2.27. The molecular formula is C11H16BrN3. The van der Waals surface area contributed by atoms with Crippen molar-refractivity contribution in [3.05, 3.63) is 16.5 Å². The number of halogens is 1. The molecule has 1 aromatic heterocycles. The Hall–Kier alpha value is -0.640. The molecule has 1 saturated heterocycles. The van der Waals surface area contributed by atoms with E-state index in [1.807, 2.05) is 13.1 Å². The number of hydrogen-bond acceptors (Lipinski definition) is 3. The second-order valence-corrected chi connectivity index (χ2v) is 5.78. The maximum atomic E-state index is 4.49. The Morgan fingerprint density at radius 1 is 1.47 bits per heavy atom. The van der Waals surface area contributed by atoms with Crippen LogP contribution in [-0.2, 0) is 0 Å². The van der Waals surface area contributed by atoms with E-state index in [4.69, 9.17) is 0 Å². The highest BCUT2D eigenvalue weighted by Crippen LogP contribution is 2.34. The minimum Gasteiger partial charge on any atom is -0.355 e. The molecule has 2 rings (SSSR count). The van der Waals surface area contributed by atoms with Gasteiger partial charge in [0, 0.05) is 19.3 Å². The van der Waals surface area contributed by atoms with Gasteiger partial charge in [0.2, 0.25) is 0 Å². The van der Waals surface area contributed by atoms with Crippen molar-refractivity contribution in [2.75, 3.05) is 18.0 Å². The molecule has 1 fully saturated rings. The van der Waals surface area contributed by atoms with Crippen molar-refractivity contribution in [1.82, 2.24) is 9.97 Å². The van der Waals surface area contributed by atoms with E-state index in [1.54, 1.807) is 0 Å². The summed E-state index contributed by atoms with van der Waals surface area (Å²) in [4.78, 5) is 11.0. The number of hydrogen-bond donors (Lipinski definition) is 0. The van der Waals surface area contributed by atoms with Crippen molar-refractivity contribution < 1.29 is 0 Å². The number of nitrogens with zero attached hydrogens (tertiary/aromatic N) is 3. The van der Waals surface area contributed by atoms with Gasteiger partial charge in [-0.25, -0.2) is 9.97 Å². The molecule has 4 heteroatoms. The maximum Gasteiger partial charge on any atom is 0.146 e. The second-order valence-electron chi connectivity index (χ2n) is 4.92. The molecule has 1 aromatic rings. The van der Waals surface area contributed by atoms with Crippen LogP contribution in [0, 0.1) is 12.3 Å². The predicted molar refractivity (Wildman–Crippen MR) is 65.1 cm³/mol. The third kappa shape index (κ3) is 2.30. The van der Waals surface area contributed by atoms with Crippen molar-refractivity contribution >= 4 is 21.7 Å². The average molecular weight is 270 g/mol. The second kappa shape index (κ2) is 3.74. The molecule has 15 heavy (non-hydrogen) atoms. The smallest absolute Gasteiger partial charge is 0.146 e. The topological polar surface area (TPSA) is 29.0 Å². The summed E-state index contributed by atoms with van der Waals surface area (Å²) in [5, 5.41) is 0. The Kier molecular flexibility index (Phi) is 2.71. The van der Waals surface area contributed by atoms with Crippen LogP contribution < -0.4 is 4.90 Å². The van der Waals surface area contributed by atoms with Gasteiger partial charge in [-0.2, -0.15) is 0 Å². The summed E-state index contributed by atoms with van der Waals surface area (Å²) in [6.45, 7) is 8.69. The SMILES string of the molecule is Cc1ncc(Br)c(N2CCC(C)(C)C2)n1. The number of aryl methyl sites for hydroxylation is 1. The van der Waals surface area contributed by atoms with Crippen LogP contribution in [-0.4, -0.2) is 23.1 Å². The van der Waals surface area contributed by atoms with Gasteiger partial charge >= 0.3 is 0 Å². The van der Waals surface area contributed by atoms with Gasteiger partial charge in [0.25, 0.3) is 0 Å². The molecule has 3 nitrogen and oxygen atoms in total. The van der Waals surface area contributed by atoms with Gasteiger partial charge in [-0.3, -0.25) is 0 Å². The molecule has 0 saturated carbocycles. The predicted octanol–water partition coefficient (Wildman–Crippen LogP) is 2.78. The molecular weight excluding hydrogens is 254 g/mol. The van der Waals surface area contributed by atoms with Gasteiger partial charge < -0.3 is 4.90 Å². The average Bonchev–Trinajstić information content (AvgIpc) is 2.50. The molecule has 1 aliphatic rings. The summed E-state index contributed by atoms with van der Waals surface area (Å²) < 4.78 is 0.991. The molecule has 0 aromatic carbocycles. The Morgan fingerprint density at radius 2 is 2.20 bits per heavy atom. The third-order valence-electron chi connectivity index (χ3n) is 2.82. The molecule has 0 spiro atoms. The Bertz CT molecular complexity index is 376. The lowest BCUT2D eigenvalue weighted by molar-refractivity contribution is 0.418. The van der Waals surface area contributed by atoms with Gasteiger partial charge in [-0.05, 0) is 34.7 Å².